The molecule has 2 aromatic heterocycles. The highest BCUT2D eigenvalue weighted by molar-refractivity contribution is 7.12. The van der Waals surface area contributed by atoms with Crippen molar-refractivity contribution in [2.75, 3.05) is 17.2 Å². The lowest BCUT2D eigenvalue weighted by molar-refractivity contribution is 0.951. The lowest BCUT2D eigenvalue weighted by atomic mass is 10.3. The summed E-state index contributed by atoms with van der Waals surface area (Å²) in [5, 5.41) is 6.97. The Kier molecular flexibility index (Phi) is 5.61. The van der Waals surface area contributed by atoms with E-state index in [1.165, 1.54) is 9.75 Å². The molecule has 20 heavy (non-hydrogen) atoms. The molecule has 0 saturated carbocycles. The number of nitrogens with zero attached hydrogens (tertiary/aromatic N) is 2. The Hall–Kier alpha value is -1.33. The van der Waals surface area contributed by atoms with Gasteiger partial charge in [0, 0.05) is 16.3 Å². The van der Waals surface area contributed by atoms with Gasteiger partial charge in [-0.05, 0) is 25.0 Å². The van der Waals surface area contributed by atoms with Crippen LogP contribution in [0.3, 0.4) is 0 Å². The molecule has 0 radical (unpaired) electrons. The molecule has 0 atom stereocenters. The number of halogens is 1. The third-order valence-electron chi connectivity index (χ3n) is 2.77. The van der Waals surface area contributed by atoms with E-state index < -0.39 is 0 Å². The molecule has 2 rings (SSSR count). The van der Waals surface area contributed by atoms with Gasteiger partial charge in [0.25, 0.3) is 0 Å². The Bertz CT molecular complexity index is 556. The molecule has 0 aliphatic rings. The van der Waals surface area contributed by atoms with Gasteiger partial charge in [-0.1, -0.05) is 25.4 Å². The largest absolute Gasteiger partial charge is 0.364 e. The predicted molar refractivity (Wildman–Crippen MR) is 86.8 cm³/mol. The van der Waals surface area contributed by atoms with Gasteiger partial charge in [-0.2, -0.15) is 4.98 Å². The van der Waals surface area contributed by atoms with Crippen LogP contribution in [0.5, 0.6) is 0 Å². The maximum Gasteiger partial charge on any atom is 0.224 e. The van der Waals surface area contributed by atoms with Crippen molar-refractivity contribution in [1.82, 2.24) is 9.97 Å². The van der Waals surface area contributed by atoms with E-state index >= 15 is 0 Å². The quantitative estimate of drug-likeness (QED) is 0.805. The van der Waals surface area contributed by atoms with Gasteiger partial charge in [0.15, 0.2) is 5.82 Å². The van der Waals surface area contributed by atoms with Crippen molar-refractivity contribution in [2.45, 2.75) is 33.2 Å². The van der Waals surface area contributed by atoms with Crippen LogP contribution in [0.25, 0.3) is 0 Å². The molecule has 0 bridgehead atoms. The molecule has 0 fully saturated rings. The van der Waals surface area contributed by atoms with E-state index in [1.807, 2.05) is 11.3 Å². The second kappa shape index (κ2) is 7.45. The molecule has 0 unspecified atom stereocenters. The minimum atomic E-state index is 0.541. The minimum absolute atomic E-state index is 0.541. The summed E-state index contributed by atoms with van der Waals surface area (Å²) in [4.78, 5) is 11.2. The van der Waals surface area contributed by atoms with Gasteiger partial charge in [0.2, 0.25) is 5.95 Å². The Morgan fingerprint density at radius 2 is 2.00 bits per heavy atom. The van der Waals surface area contributed by atoms with E-state index in [1.54, 1.807) is 6.20 Å². The molecule has 6 heteroatoms. The van der Waals surface area contributed by atoms with Crippen molar-refractivity contribution in [2.24, 2.45) is 0 Å². The summed E-state index contributed by atoms with van der Waals surface area (Å²) in [7, 11) is 0. The van der Waals surface area contributed by atoms with Crippen LogP contribution >= 0.6 is 22.9 Å². The molecular formula is C14H19ClN4S. The molecule has 0 saturated heterocycles. The standard InChI is InChI=1S/C14H19ClN4S/c1-3-7-16-14-18-9-12(15)13(19-14)17-8-11-6-5-10(4-2)20-11/h5-6,9H,3-4,7-8H2,1-2H3,(H2,16,17,18,19). The van der Waals surface area contributed by atoms with Crippen molar-refractivity contribution >= 4 is 34.7 Å². The van der Waals surface area contributed by atoms with Crippen molar-refractivity contribution in [3.05, 3.63) is 33.1 Å². The normalized spacial score (nSPS) is 10.6. The van der Waals surface area contributed by atoms with Gasteiger partial charge in [0.05, 0.1) is 12.7 Å². The van der Waals surface area contributed by atoms with Gasteiger partial charge >= 0.3 is 0 Å². The van der Waals surface area contributed by atoms with Crippen LogP contribution in [0.2, 0.25) is 5.02 Å². The summed E-state index contributed by atoms with van der Waals surface area (Å²) in [5.41, 5.74) is 0. The third-order valence-corrected chi connectivity index (χ3v) is 4.28. The van der Waals surface area contributed by atoms with Crippen LogP contribution in [0.4, 0.5) is 11.8 Å². The fourth-order valence-electron chi connectivity index (χ4n) is 1.69. The van der Waals surface area contributed by atoms with Gasteiger partial charge < -0.3 is 10.6 Å². The van der Waals surface area contributed by atoms with Gasteiger partial charge in [-0.15, -0.1) is 11.3 Å². The van der Waals surface area contributed by atoms with Crippen LogP contribution in [0.1, 0.15) is 30.0 Å². The van der Waals surface area contributed by atoms with Gasteiger partial charge in [-0.3, -0.25) is 0 Å². The highest BCUT2D eigenvalue weighted by Gasteiger charge is 2.06. The fourth-order valence-corrected chi connectivity index (χ4v) is 2.75. The molecule has 0 aliphatic heterocycles. The number of nitrogens with one attached hydrogen (secondary N) is 2. The predicted octanol–water partition coefficient (Wildman–Crippen LogP) is 4.19. The number of aryl methyl sites for hydroxylation is 1. The number of rotatable bonds is 7. The lowest BCUT2D eigenvalue weighted by Crippen LogP contribution is -2.07. The Balaban J connectivity index is 2.00. The first-order valence-electron chi connectivity index (χ1n) is 6.80. The summed E-state index contributed by atoms with van der Waals surface area (Å²) in [5.74, 6) is 1.28. The summed E-state index contributed by atoms with van der Waals surface area (Å²) >= 11 is 7.93. The first-order valence-corrected chi connectivity index (χ1v) is 8.00. The average Bonchev–Trinajstić information content (AvgIpc) is 2.93. The fraction of sp³-hybridized carbons (Fsp3) is 0.429. The molecule has 2 heterocycles. The molecule has 0 amide bonds. The summed E-state index contributed by atoms with van der Waals surface area (Å²) in [6.45, 7) is 5.85. The van der Waals surface area contributed by atoms with Gasteiger partial charge in [0.1, 0.15) is 5.02 Å². The second-order valence-corrected chi connectivity index (χ2v) is 6.05. The van der Waals surface area contributed by atoms with E-state index in [-0.39, 0.29) is 0 Å². The van der Waals surface area contributed by atoms with Crippen molar-refractivity contribution in [3.8, 4) is 0 Å². The van der Waals surface area contributed by atoms with Crippen LogP contribution in [0, 0.1) is 0 Å². The number of thiophene rings is 1. The van der Waals surface area contributed by atoms with Crippen LogP contribution in [-0.4, -0.2) is 16.5 Å². The first kappa shape index (κ1) is 15.1. The molecule has 0 spiro atoms. The Labute approximate surface area is 128 Å². The first-order chi connectivity index (χ1) is 9.72. The number of hydrogen-bond donors (Lipinski definition) is 2. The topological polar surface area (TPSA) is 49.8 Å². The van der Waals surface area contributed by atoms with E-state index in [0.717, 1.165) is 25.9 Å². The number of aromatic nitrogens is 2. The Morgan fingerprint density at radius 1 is 1.20 bits per heavy atom. The lowest BCUT2D eigenvalue weighted by Gasteiger charge is -2.08. The van der Waals surface area contributed by atoms with Crippen molar-refractivity contribution < 1.29 is 0 Å². The monoisotopic (exact) mass is 310 g/mol. The van der Waals surface area contributed by atoms with E-state index in [2.05, 4.69) is 46.6 Å². The minimum Gasteiger partial charge on any atom is -0.364 e. The molecule has 0 aromatic carbocycles. The molecule has 2 N–H and O–H groups in total. The zero-order valence-electron chi connectivity index (χ0n) is 11.7. The summed E-state index contributed by atoms with van der Waals surface area (Å²) in [6.07, 6.45) is 3.73. The number of hydrogen-bond acceptors (Lipinski definition) is 5. The van der Waals surface area contributed by atoms with Gasteiger partial charge in [-0.25, -0.2) is 4.98 Å². The molecular weight excluding hydrogens is 292 g/mol. The SMILES string of the molecule is CCCNc1ncc(Cl)c(NCc2ccc(CC)s2)n1. The summed E-state index contributed by atoms with van der Waals surface area (Å²) in [6, 6.07) is 4.30. The van der Waals surface area contributed by atoms with Crippen molar-refractivity contribution in [1.29, 1.82) is 0 Å². The maximum absolute atomic E-state index is 6.12. The van der Waals surface area contributed by atoms with E-state index in [0.29, 0.717) is 16.8 Å². The van der Waals surface area contributed by atoms with Crippen LogP contribution < -0.4 is 10.6 Å². The van der Waals surface area contributed by atoms with E-state index in [9.17, 15) is 0 Å². The Morgan fingerprint density at radius 3 is 2.70 bits per heavy atom. The molecule has 108 valence electrons. The maximum atomic E-state index is 6.12. The van der Waals surface area contributed by atoms with E-state index in [4.69, 9.17) is 11.6 Å². The smallest absolute Gasteiger partial charge is 0.224 e. The number of anilines is 2. The summed E-state index contributed by atoms with van der Waals surface area (Å²) < 4.78 is 0. The highest BCUT2D eigenvalue weighted by Crippen LogP contribution is 2.22. The average molecular weight is 311 g/mol. The van der Waals surface area contributed by atoms with Crippen molar-refractivity contribution in [3.63, 3.8) is 0 Å². The molecule has 2 aromatic rings. The third kappa shape index (κ3) is 4.08. The highest BCUT2D eigenvalue weighted by atomic mass is 35.5. The molecule has 0 aliphatic carbocycles. The second-order valence-electron chi connectivity index (χ2n) is 4.39. The van der Waals surface area contributed by atoms with Crippen LogP contribution in [-0.2, 0) is 13.0 Å². The van der Waals surface area contributed by atoms with Crippen LogP contribution in [0.15, 0.2) is 18.3 Å². The zero-order valence-corrected chi connectivity index (χ0v) is 13.3. The zero-order chi connectivity index (χ0) is 14.4. The molecule has 4 nitrogen and oxygen atoms in total.